The number of rotatable bonds is 5. The van der Waals surface area contributed by atoms with Gasteiger partial charge >= 0.3 is 0 Å². The van der Waals surface area contributed by atoms with E-state index in [0.717, 1.165) is 12.2 Å². The summed E-state index contributed by atoms with van der Waals surface area (Å²) in [5, 5.41) is 3.64. The number of pyridine rings is 1. The molecule has 3 nitrogen and oxygen atoms in total. The molecule has 1 saturated heterocycles. The Kier molecular flexibility index (Phi) is 5.34. The van der Waals surface area contributed by atoms with Gasteiger partial charge in [-0.3, -0.25) is 9.88 Å². The van der Waals surface area contributed by atoms with Crippen molar-refractivity contribution in [2.24, 2.45) is 0 Å². The molecule has 0 radical (unpaired) electrons. The first-order valence-electron chi connectivity index (χ1n) is 7.51. The lowest BCUT2D eigenvalue weighted by atomic mass is 9.98. The molecular formula is C16H27N3. The summed E-state index contributed by atoms with van der Waals surface area (Å²) in [5.74, 6) is 0. The van der Waals surface area contributed by atoms with Crippen LogP contribution in [0.5, 0.6) is 0 Å². The Morgan fingerprint density at radius 2 is 2.26 bits per heavy atom. The maximum Gasteiger partial charge on any atom is 0.0547 e. The highest BCUT2D eigenvalue weighted by atomic mass is 15.1. The second-order valence-corrected chi connectivity index (χ2v) is 5.92. The van der Waals surface area contributed by atoms with Crippen molar-refractivity contribution in [2.75, 3.05) is 13.6 Å². The van der Waals surface area contributed by atoms with Crippen molar-refractivity contribution >= 4 is 0 Å². The molecule has 0 spiro atoms. The molecule has 0 aromatic carbocycles. The van der Waals surface area contributed by atoms with Crippen molar-refractivity contribution in [1.29, 1.82) is 0 Å². The third-order valence-electron chi connectivity index (χ3n) is 4.15. The molecule has 2 unspecified atom stereocenters. The third-order valence-corrected chi connectivity index (χ3v) is 4.15. The molecule has 2 atom stereocenters. The number of hydrogen-bond acceptors (Lipinski definition) is 3. The molecular weight excluding hydrogens is 234 g/mol. The topological polar surface area (TPSA) is 28.2 Å². The summed E-state index contributed by atoms with van der Waals surface area (Å²) < 4.78 is 0. The summed E-state index contributed by atoms with van der Waals surface area (Å²) in [6.45, 7) is 6.51. The van der Waals surface area contributed by atoms with Crippen molar-refractivity contribution in [2.45, 2.75) is 58.2 Å². The van der Waals surface area contributed by atoms with E-state index in [1.54, 1.807) is 0 Å². The molecule has 0 saturated carbocycles. The lowest BCUT2D eigenvalue weighted by molar-refractivity contribution is 0.207. The smallest absolute Gasteiger partial charge is 0.0547 e. The minimum absolute atomic E-state index is 0.595. The van der Waals surface area contributed by atoms with Crippen LogP contribution >= 0.6 is 0 Å². The van der Waals surface area contributed by atoms with Gasteiger partial charge in [-0.25, -0.2) is 0 Å². The number of piperidine rings is 1. The van der Waals surface area contributed by atoms with Crippen LogP contribution in [0.2, 0.25) is 0 Å². The molecule has 0 aliphatic carbocycles. The fourth-order valence-corrected chi connectivity index (χ4v) is 2.82. The van der Waals surface area contributed by atoms with Gasteiger partial charge in [0.25, 0.3) is 0 Å². The SMILES string of the molecule is Cc1cccc(CN(C)C(C)CC2CCCCN2)n1. The maximum atomic E-state index is 4.59. The summed E-state index contributed by atoms with van der Waals surface area (Å²) in [7, 11) is 2.21. The van der Waals surface area contributed by atoms with Crippen LogP contribution in [0.1, 0.15) is 44.0 Å². The highest BCUT2D eigenvalue weighted by Crippen LogP contribution is 2.15. The quantitative estimate of drug-likeness (QED) is 0.883. The van der Waals surface area contributed by atoms with Crippen LogP contribution in [0.25, 0.3) is 0 Å². The van der Waals surface area contributed by atoms with Gasteiger partial charge in [0.05, 0.1) is 5.69 Å². The Labute approximate surface area is 117 Å². The van der Waals surface area contributed by atoms with Crippen molar-refractivity contribution < 1.29 is 0 Å². The third kappa shape index (κ3) is 4.59. The molecule has 106 valence electrons. The largest absolute Gasteiger partial charge is 0.314 e. The summed E-state index contributed by atoms with van der Waals surface area (Å²) >= 11 is 0. The van der Waals surface area contributed by atoms with Crippen molar-refractivity contribution in [3.8, 4) is 0 Å². The minimum atomic E-state index is 0.595. The van der Waals surface area contributed by atoms with Gasteiger partial charge in [-0.2, -0.15) is 0 Å². The van der Waals surface area contributed by atoms with Crippen LogP contribution in [-0.2, 0) is 6.54 Å². The number of nitrogens with one attached hydrogen (secondary N) is 1. The number of hydrogen-bond donors (Lipinski definition) is 1. The molecule has 1 aliphatic heterocycles. The fourth-order valence-electron chi connectivity index (χ4n) is 2.82. The fraction of sp³-hybridized carbons (Fsp3) is 0.688. The highest BCUT2D eigenvalue weighted by Gasteiger charge is 2.18. The van der Waals surface area contributed by atoms with Crippen LogP contribution < -0.4 is 5.32 Å². The van der Waals surface area contributed by atoms with Gasteiger partial charge < -0.3 is 5.32 Å². The molecule has 1 aliphatic rings. The van der Waals surface area contributed by atoms with Crippen LogP contribution in [0, 0.1) is 6.92 Å². The monoisotopic (exact) mass is 261 g/mol. The van der Waals surface area contributed by atoms with Crippen LogP contribution in [0.15, 0.2) is 18.2 Å². The average Bonchev–Trinajstić information content (AvgIpc) is 2.40. The standard InChI is InChI=1S/C16H27N3/c1-13-7-6-9-16(18-13)12-19(3)14(2)11-15-8-4-5-10-17-15/h6-7,9,14-15,17H,4-5,8,10-12H2,1-3H3. The van der Waals surface area contributed by atoms with E-state index < -0.39 is 0 Å². The first-order chi connectivity index (χ1) is 9.15. The molecule has 1 aromatic heterocycles. The van der Waals surface area contributed by atoms with Crippen LogP contribution in [0.3, 0.4) is 0 Å². The van der Waals surface area contributed by atoms with Crippen molar-refractivity contribution in [1.82, 2.24) is 15.2 Å². The van der Waals surface area contributed by atoms with E-state index in [9.17, 15) is 0 Å². The van der Waals surface area contributed by atoms with Crippen LogP contribution in [-0.4, -0.2) is 35.6 Å². The summed E-state index contributed by atoms with van der Waals surface area (Å²) in [6.07, 6.45) is 5.30. The number of aromatic nitrogens is 1. The molecule has 2 rings (SSSR count). The summed E-state index contributed by atoms with van der Waals surface area (Å²) in [6, 6.07) is 7.57. The molecule has 19 heavy (non-hydrogen) atoms. The predicted molar refractivity (Wildman–Crippen MR) is 80.2 cm³/mol. The first-order valence-corrected chi connectivity index (χ1v) is 7.51. The second-order valence-electron chi connectivity index (χ2n) is 5.92. The van der Waals surface area contributed by atoms with Gasteiger partial charge in [-0.15, -0.1) is 0 Å². The van der Waals surface area contributed by atoms with E-state index in [1.165, 1.54) is 37.9 Å². The van der Waals surface area contributed by atoms with E-state index in [4.69, 9.17) is 0 Å². The normalized spacial score (nSPS) is 21.6. The molecule has 1 fully saturated rings. The molecule has 3 heteroatoms. The molecule has 0 bridgehead atoms. The zero-order valence-corrected chi connectivity index (χ0v) is 12.5. The van der Waals surface area contributed by atoms with E-state index >= 15 is 0 Å². The second kappa shape index (κ2) is 7.01. The lowest BCUT2D eigenvalue weighted by Gasteiger charge is -2.31. The Hall–Kier alpha value is -0.930. The Balaban J connectivity index is 1.82. The van der Waals surface area contributed by atoms with Gasteiger partial charge in [0.15, 0.2) is 0 Å². The van der Waals surface area contributed by atoms with Gasteiger partial charge in [0.1, 0.15) is 0 Å². The van der Waals surface area contributed by atoms with E-state index in [-0.39, 0.29) is 0 Å². The summed E-state index contributed by atoms with van der Waals surface area (Å²) in [4.78, 5) is 7.00. The van der Waals surface area contributed by atoms with E-state index in [1.807, 2.05) is 0 Å². The number of aryl methyl sites for hydroxylation is 1. The van der Waals surface area contributed by atoms with Gasteiger partial charge in [0.2, 0.25) is 0 Å². The first kappa shape index (κ1) is 14.5. The molecule has 0 amide bonds. The Bertz CT molecular complexity index is 385. The zero-order chi connectivity index (χ0) is 13.7. The van der Waals surface area contributed by atoms with Crippen molar-refractivity contribution in [3.05, 3.63) is 29.6 Å². The molecule has 2 heterocycles. The van der Waals surface area contributed by atoms with Gasteiger partial charge in [-0.05, 0) is 58.8 Å². The Morgan fingerprint density at radius 3 is 2.95 bits per heavy atom. The van der Waals surface area contributed by atoms with Crippen LogP contribution in [0.4, 0.5) is 0 Å². The van der Waals surface area contributed by atoms with Crippen molar-refractivity contribution in [3.63, 3.8) is 0 Å². The van der Waals surface area contributed by atoms with Gasteiger partial charge in [-0.1, -0.05) is 12.5 Å². The summed E-state index contributed by atoms with van der Waals surface area (Å²) in [5.41, 5.74) is 2.28. The molecule has 1 aromatic rings. The lowest BCUT2D eigenvalue weighted by Crippen LogP contribution is -2.40. The predicted octanol–water partition coefficient (Wildman–Crippen LogP) is 2.74. The number of nitrogens with zero attached hydrogens (tertiary/aromatic N) is 2. The van der Waals surface area contributed by atoms with Gasteiger partial charge in [0, 0.05) is 24.3 Å². The average molecular weight is 261 g/mol. The maximum absolute atomic E-state index is 4.59. The molecule has 1 N–H and O–H groups in total. The Morgan fingerprint density at radius 1 is 1.42 bits per heavy atom. The van der Waals surface area contributed by atoms with E-state index in [0.29, 0.717) is 12.1 Å². The van der Waals surface area contributed by atoms with E-state index in [2.05, 4.69) is 54.3 Å². The minimum Gasteiger partial charge on any atom is -0.314 e. The highest BCUT2D eigenvalue weighted by molar-refractivity contribution is 5.09. The zero-order valence-electron chi connectivity index (χ0n) is 12.5.